The van der Waals surface area contributed by atoms with Crippen molar-refractivity contribution in [2.75, 3.05) is 6.54 Å². The molecule has 9 nitrogen and oxygen atoms in total. The van der Waals surface area contributed by atoms with Gasteiger partial charge in [0.25, 0.3) is 11.6 Å². The number of nitro benzene ring substituents is 1. The summed E-state index contributed by atoms with van der Waals surface area (Å²) in [6.45, 7) is 3.56. The summed E-state index contributed by atoms with van der Waals surface area (Å²) in [4.78, 5) is 33.7. The van der Waals surface area contributed by atoms with Gasteiger partial charge < -0.3 is 10.1 Å². The Kier molecular flexibility index (Phi) is 4.89. The molecule has 0 fully saturated rings. The molecule has 0 bridgehead atoms. The summed E-state index contributed by atoms with van der Waals surface area (Å²) in [5, 5.41) is 20.2. The van der Waals surface area contributed by atoms with Crippen molar-refractivity contribution in [2.24, 2.45) is 0 Å². The monoisotopic (exact) mass is 320 g/mol. The fourth-order valence-electron chi connectivity index (χ4n) is 1.97. The average molecular weight is 320 g/mol. The topological polar surface area (TPSA) is 127 Å². The van der Waals surface area contributed by atoms with Crippen molar-refractivity contribution >= 4 is 28.5 Å². The Bertz CT molecular complexity index is 753. The molecular formula is C14H16N4O5. The van der Waals surface area contributed by atoms with Crippen LogP contribution in [0, 0.1) is 10.1 Å². The summed E-state index contributed by atoms with van der Waals surface area (Å²) >= 11 is 0. The smallest absolute Gasteiger partial charge is 0.307 e. The first-order valence-electron chi connectivity index (χ1n) is 6.98. The number of amides is 1. The van der Waals surface area contributed by atoms with Crippen molar-refractivity contribution in [2.45, 2.75) is 26.4 Å². The third kappa shape index (κ3) is 4.02. The maximum Gasteiger partial charge on any atom is 0.307 e. The quantitative estimate of drug-likeness (QED) is 0.472. The molecule has 0 radical (unpaired) electrons. The highest BCUT2D eigenvalue weighted by Gasteiger charge is 2.17. The molecule has 0 aliphatic carbocycles. The molecule has 2 aromatic rings. The number of nitrogens with one attached hydrogen (secondary N) is 2. The van der Waals surface area contributed by atoms with E-state index in [0.29, 0.717) is 10.9 Å². The molecule has 23 heavy (non-hydrogen) atoms. The van der Waals surface area contributed by atoms with Crippen molar-refractivity contribution in [3.63, 3.8) is 0 Å². The molecule has 0 aliphatic heterocycles. The molecule has 1 aromatic carbocycles. The Labute approximate surface area is 131 Å². The van der Waals surface area contributed by atoms with Gasteiger partial charge >= 0.3 is 5.97 Å². The van der Waals surface area contributed by atoms with Gasteiger partial charge in [0, 0.05) is 24.1 Å². The molecule has 2 rings (SSSR count). The lowest BCUT2D eigenvalue weighted by Gasteiger charge is -2.08. The maximum atomic E-state index is 12.1. The van der Waals surface area contributed by atoms with Crippen LogP contribution < -0.4 is 5.32 Å². The molecule has 9 heteroatoms. The fraction of sp³-hybridized carbons (Fsp3) is 0.357. The Hall–Kier alpha value is -2.97. The first-order valence-corrected chi connectivity index (χ1v) is 6.98. The summed E-state index contributed by atoms with van der Waals surface area (Å²) in [6, 6.07) is 4.09. The molecule has 0 saturated heterocycles. The van der Waals surface area contributed by atoms with Crippen LogP contribution >= 0.6 is 0 Å². The number of esters is 1. The first kappa shape index (κ1) is 16.4. The number of hydrogen-bond donors (Lipinski definition) is 2. The highest BCUT2D eigenvalue weighted by atomic mass is 16.6. The van der Waals surface area contributed by atoms with Gasteiger partial charge in [-0.25, -0.2) is 0 Å². The lowest BCUT2D eigenvalue weighted by Crippen LogP contribution is -2.27. The zero-order valence-corrected chi connectivity index (χ0v) is 12.7. The van der Waals surface area contributed by atoms with Crippen molar-refractivity contribution in [3.05, 3.63) is 34.0 Å². The summed E-state index contributed by atoms with van der Waals surface area (Å²) in [5.74, 6) is -0.933. The standard InChI is InChI=1S/C14H16N4O5/c1-8(2)23-12(19)5-6-15-14(20)13-10-7-9(18(21)22)3-4-11(10)16-17-13/h3-4,7-8H,5-6H2,1-2H3,(H,15,20)(H,16,17). The Morgan fingerprint density at radius 2 is 2.17 bits per heavy atom. The van der Waals surface area contributed by atoms with Crippen LogP contribution in [0.2, 0.25) is 0 Å². The van der Waals surface area contributed by atoms with Crippen LogP contribution in [0.3, 0.4) is 0 Å². The highest BCUT2D eigenvalue weighted by molar-refractivity contribution is 6.05. The summed E-state index contributed by atoms with van der Waals surface area (Å²) in [5.41, 5.74) is 0.425. The minimum absolute atomic E-state index is 0.0341. The Morgan fingerprint density at radius 3 is 2.83 bits per heavy atom. The number of fused-ring (bicyclic) bond motifs is 1. The number of non-ortho nitro benzene ring substituents is 1. The molecule has 1 aromatic heterocycles. The Balaban J connectivity index is 2.05. The minimum Gasteiger partial charge on any atom is -0.463 e. The van der Waals surface area contributed by atoms with Gasteiger partial charge in [0.1, 0.15) is 0 Å². The fourth-order valence-corrected chi connectivity index (χ4v) is 1.97. The molecule has 1 heterocycles. The predicted octanol–water partition coefficient (Wildman–Crippen LogP) is 1.54. The second-order valence-electron chi connectivity index (χ2n) is 5.10. The van der Waals surface area contributed by atoms with E-state index in [4.69, 9.17) is 4.74 Å². The molecule has 122 valence electrons. The van der Waals surface area contributed by atoms with Gasteiger partial charge in [0.05, 0.1) is 23.0 Å². The van der Waals surface area contributed by atoms with Crippen LogP contribution in [0.4, 0.5) is 5.69 Å². The second-order valence-corrected chi connectivity index (χ2v) is 5.10. The normalized spacial score (nSPS) is 10.7. The van der Waals surface area contributed by atoms with Crippen LogP contribution in [0.25, 0.3) is 10.9 Å². The predicted molar refractivity (Wildman–Crippen MR) is 80.9 cm³/mol. The van der Waals surface area contributed by atoms with Crippen LogP contribution in [-0.2, 0) is 9.53 Å². The highest BCUT2D eigenvalue weighted by Crippen LogP contribution is 2.21. The molecule has 0 spiro atoms. The summed E-state index contributed by atoms with van der Waals surface area (Å²) in [6.07, 6.45) is -0.180. The molecule has 0 unspecified atom stereocenters. The largest absolute Gasteiger partial charge is 0.463 e. The van der Waals surface area contributed by atoms with Gasteiger partial charge in [-0.05, 0) is 19.9 Å². The molecular weight excluding hydrogens is 304 g/mol. The third-order valence-corrected chi connectivity index (χ3v) is 2.95. The summed E-state index contributed by atoms with van der Waals surface area (Å²) < 4.78 is 4.95. The van der Waals surface area contributed by atoms with Crippen molar-refractivity contribution in [1.82, 2.24) is 15.5 Å². The van der Waals surface area contributed by atoms with Crippen LogP contribution in [0.15, 0.2) is 18.2 Å². The third-order valence-electron chi connectivity index (χ3n) is 2.95. The minimum atomic E-state index is -0.546. The van der Waals surface area contributed by atoms with Crippen LogP contribution in [0.5, 0.6) is 0 Å². The van der Waals surface area contributed by atoms with E-state index < -0.39 is 16.8 Å². The number of aromatic amines is 1. The van der Waals surface area contributed by atoms with E-state index in [1.54, 1.807) is 13.8 Å². The SMILES string of the molecule is CC(C)OC(=O)CCNC(=O)c1n[nH]c2ccc([N+](=O)[O-])cc12. The van der Waals surface area contributed by atoms with Crippen LogP contribution in [0.1, 0.15) is 30.8 Å². The van der Waals surface area contributed by atoms with Gasteiger partial charge in [0.2, 0.25) is 0 Å². The lowest BCUT2D eigenvalue weighted by molar-refractivity contribution is -0.384. The van der Waals surface area contributed by atoms with Gasteiger partial charge in [-0.15, -0.1) is 0 Å². The number of rotatable bonds is 6. The van der Waals surface area contributed by atoms with Crippen molar-refractivity contribution < 1.29 is 19.2 Å². The zero-order valence-electron chi connectivity index (χ0n) is 12.7. The number of nitrogens with zero attached hydrogens (tertiary/aromatic N) is 2. The van der Waals surface area contributed by atoms with Gasteiger partial charge in [0.15, 0.2) is 5.69 Å². The van der Waals surface area contributed by atoms with Gasteiger partial charge in [-0.3, -0.25) is 24.8 Å². The summed E-state index contributed by atoms with van der Waals surface area (Å²) in [7, 11) is 0. The zero-order chi connectivity index (χ0) is 17.0. The van der Waals surface area contributed by atoms with Crippen molar-refractivity contribution in [1.29, 1.82) is 0 Å². The molecule has 1 amide bonds. The van der Waals surface area contributed by atoms with Gasteiger partial charge in [-0.2, -0.15) is 5.10 Å². The maximum absolute atomic E-state index is 12.1. The van der Waals surface area contributed by atoms with E-state index >= 15 is 0 Å². The number of aromatic nitrogens is 2. The molecule has 0 saturated carbocycles. The van der Waals surface area contributed by atoms with E-state index in [0.717, 1.165) is 0 Å². The lowest BCUT2D eigenvalue weighted by atomic mass is 10.2. The number of H-pyrrole nitrogens is 1. The van der Waals surface area contributed by atoms with Crippen molar-refractivity contribution in [3.8, 4) is 0 Å². The number of benzene rings is 1. The number of hydrogen-bond acceptors (Lipinski definition) is 6. The number of nitro groups is 1. The molecule has 0 aliphatic rings. The van der Waals surface area contributed by atoms with E-state index in [2.05, 4.69) is 15.5 Å². The van der Waals surface area contributed by atoms with E-state index in [1.165, 1.54) is 18.2 Å². The number of carbonyl (C=O) groups is 2. The second kappa shape index (κ2) is 6.86. The first-order chi connectivity index (χ1) is 10.9. The van der Waals surface area contributed by atoms with Crippen LogP contribution in [-0.4, -0.2) is 39.6 Å². The van der Waals surface area contributed by atoms with E-state index in [9.17, 15) is 19.7 Å². The van der Waals surface area contributed by atoms with E-state index in [-0.39, 0.29) is 30.5 Å². The van der Waals surface area contributed by atoms with E-state index in [1.807, 2.05) is 0 Å². The molecule has 2 N–H and O–H groups in total. The number of ether oxygens (including phenoxy) is 1. The Morgan fingerprint density at radius 1 is 1.43 bits per heavy atom. The van der Waals surface area contributed by atoms with Gasteiger partial charge in [-0.1, -0.05) is 0 Å². The average Bonchev–Trinajstić information content (AvgIpc) is 2.89. The number of carbonyl (C=O) groups excluding carboxylic acids is 2. The molecule has 0 atom stereocenters.